The second-order valence-corrected chi connectivity index (χ2v) is 5.81. The summed E-state index contributed by atoms with van der Waals surface area (Å²) in [5, 5.41) is 11.7. The lowest BCUT2D eigenvalue weighted by atomic mass is 9.91. The quantitative estimate of drug-likeness (QED) is 0.785. The third-order valence-electron chi connectivity index (χ3n) is 4.38. The van der Waals surface area contributed by atoms with E-state index in [1.54, 1.807) is 12.5 Å². The molecule has 1 aliphatic rings. The number of nitrogens with zero attached hydrogens (tertiary/aromatic N) is 6. The molecule has 1 atom stereocenters. The molecule has 3 aromatic rings. The Labute approximate surface area is 133 Å². The minimum atomic E-state index is 0.0642. The highest BCUT2D eigenvalue weighted by Gasteiger charge is 2.29. The molecular weight excluding hydrogens is 294 g/mol. The molecule has 1 fully saturated rings. The molecule has 4 rings (SSSR count). The molecule has 1 unspecified atom stereocenters. The van der Waals surface area contributed by atoms with E-state index in [1.165, 1.54) is 0 Å². The first-order valence-electron chi connectivity index (χ1n) is 7.79. The van der Waals surface area contributed by atoms with Crippen molar-refractivity contribution in [3.8, 4) is 0 Å². The van der Waals surface area contributed by atoms with Crippen molar-refractivity contribution in [3.63, 3.8) is 0 Å². The van der Waals surface area contributed by atoms with Gasteiger partial charge in [0.1, 0.15) is 12.2 Å². The van der Waals surface area contributed by atoms with Crippen molar-refractivity contribution in [3.05, 3.63) is 36.9 Å². The molecule has 0 radical (unpaired) electrons. The number of hydrogen-bond donors (Lipinski definition) is 1. The maximum absolute atomic E-state index is 5.51. The van der Waals surface area contributed by atoms with E-state index in [-0.39, 0.29) is 6.04 Å². The number of ether oxygens (including phenoxy) is 1. The van der Waals surface area contributed by atoms with Crippen LogP contribution in [-0.2, 0) is 11.8 Å². The minimum Gasteiger partial charge on any atom is -0.381 e. The highest BCUT2D eigenvalue weighted by molar-refractivity contribution is 5.62. The van der Waals surface area contributed by atoms with Crippen LogP contribution in [0.1, 0.15) is 24.7 Å². The number of aromatic nitrogens is 6. The summed E-state index contributed by atoms with van der Waals surface area (Å²) in [6.45, 7) is 1.58. The van der Waals surface area contributed by atoms with Gasteiger partial charge in [-0.2, -0.15) is 0 Å². The summed E-state index contributed by atoms with van der Waals surface area (Å²) >= 11 is 0. The van der Waals surface area contributed by atoms with Crippen LogP contribution in [0.4, 0.5) is 5.82 Å². The highest BCUT2D eigenvalue weighted by atomic mass is 16.5. The van der Waals surface area contributed by atoms with Crippen molar-refractivity contribution in [2.24, 2.45) is 13.0 Å². The number of imidazole rings is 1. The average molecular weight is 313 g/mol. The summed E-state index contributed by atoms with van der Waals surface area (Å²) in [6, 6.07) is 0.0642. The number of anilines is 1. The third kappa shape index (κ3) is 2.65. The molecule has 120 valence electrons. The first kappa shape index (κ1) is 14.1. The Bertz CT molecular complexity index is 790. The van der Waals surface area contributed by atoms with Gasteiger partial charge in [-0.15, -0.1) is 10.2 Å². The van der Waals surface area contributed by atoms with Gasteiger partial charge in [0.2, 0.25) is 5.65 Å². The summed E-state index contributed by atoms with van der Waals surface area (Å²) in [6.07, 6.45) is 11.1. The summed E-state index contributed by atoms with van der Waals surface area (Å²) < 4.78 is 9.42. The lowest BCUT2D eigenvalue weighted by molar-refractivity contribution is 0.0594. The largest absolute Gasteiger partial charge is 0.381 e. The van der Waals surface area contributed by atoms with E-state index in [9.17, 15) is 0 Å². The van der Waals surface area contributed by atoms with E-state index < -0.39 is 0 Å². The number of hydrogen-bond acceptors (Lipinski definition) is 6. The molecular formula is C15H19N7O. The Kier molecular flexibility index (Phi) is 3.66. The molecule has 0 spiro atoms. The Morgan fingerprint density at radius 3 is 2.83 bits per heavy atom. The zero-order valence-electron chi connectivity index (χ0n) is 13.0. The molecule has 0 aliphatic carbocycles. The van der Waals surface area contributed by atoms with Gasteiger partial charge in [-0.3, -0.25) is 4.40 Å². The van der Waals surface area contributed by atoms with Crippen molar-refractivity contribution < 1.29 is 4.74 Å². The second kappa shape index (κ2) is 5.96. The summed E-state index contributed by atoms with van der Waals surface area (Å²) in [5.41, 5.74) is 0.721. The van der Waals surface area contributed by atoms with Crippen molar-refractivity contribution >= 4 is 11.5 Å². The molecule has 3 aromatic heterocycles. The maximum Gasteiger partial charge on any atom is 0.203 e. The fourth-order valence-corrected chi connectivity index (χ4v) is 3.13. The monoisotopic (exact) mass is 313 g/mol. The standard InChI is InChI=1S/C15H19N7O/c1-21-6-4-17-14(21)12(11-2-8-23-9-3-11)19-13-15-20-18-10-22(15)7-5-16-13/h4-7,10-12H,2-3,8-9H2,1H3,(H,16,19). The first-order valence-corrected chi connectivity index (χ1v) is 7.79. The molecule has 0 bridgehead atoms. The molecule has 0 aromatic carbocycles. The van der Waals surface area contributed by atoms with Crippen LogP contribution in [0.5, 0.6) is 0 Å². The van der Waals surface area contributed by atoms with Crippen LogP contribution in [0.2, 0.25) is 0 Å². The van der Waals surface area contributed by atoms with Crippen molar-refractivity contribution in [2.75, 3.05) is 18.5 Å². The number of fused-ring (bicyclic) bond motifs is 1. The molecule has 23 heavy (non-hydrogen) atoms. The van der Waals surface area contributed by atoms with Crippen LogP contribution < -0.4 is 5.32 Å². The summed E-state index contributed by atoms with van der Waals surface area (Å²) in [7, 11) is 2.02. The van der Waals surface area contributed by atoms with Gasteiger partial charge < -0.3 is 14.6 Å². The van der Waals surface area contributed by atoms with E-state index in [2.05, 4.69) is 30.0 Å². The van der Waals surface area contributed by atoms with Gasteiger partial charge in [0.05, 0.1) is 6.04 Å². The lowest BCUT2D eigenvalue weighted by Gasteiger charge is -2.30. The third-order valence-corrected chi connectivity index (χ3v) is 4.38. The first-order chi connectivity index (χ1) is 11.3. The van der Waals surface area contributed by atoms with Crippen LogP contribution in [-0.4, -0.2) is 42.3 Å². The van der Waals surface area contributed by atoms with Crippen LogP contribution in [0, 0.1) is 5.92 Å². The number of aryl methyl sites for hydroxylation is 1. The molecule has 0 amide bonds. The van der Waals surface area contributed by atoms with Gasteiger partial charge >= 0.3 is 0 Å². The molecule has 1 N–H and O–H groups in total. The van der Waals surface area contributed by atoms with Gasteiger partial charge in [0, 0.05) is 45.0 Å². The fraction of sp³-hybridized carbons (Fsp3) is 0.467. The van der Waals surface area contributed by atoms with Crippen molar-refractivity contribution in [2.45, 2.75) is 18.9 Å². The predicted molar refractivity (Wildman–Crippen MR) is 83.9 cm³/mol. The van der Waals surface area contributed by atoms with Crippen LogP contribution in [0.15, 0.2) is 31.1 Å². The van der Waals surface area contributed by atoms with E-state index in [4.69, 9.17) is 4.74 Å². The average Bonchev–Trinajstić information content (AvgIpc) is 3.22. The normalized spacial score (nSPS) is 17.4. The Morgan fingerprint density at radius 2 is 2.04 bits per heavy atom. The number of nitrogens with one attached hydrogen (secondary N) is 1. The highest BCUT2D eigenvalue weighted by Crippen LogP contribution is 2.32. The van der Waals surface area contributed by atoms with E-state index in [1.807, 2.05) is 30.0 Å². The predicted octanol–water partition coefficient (Wildman–Crippen LogP) is 1.44. The number of rotatable bonds is 4. The van der Waals surface area contributed by atoms with Gasteiger partial charge in [-0.05, 0) is 18.8 Å². The molecule has 4 heterocycles. The van der Waals surface area contributed by atoms with Crippen LogP contribution in [0.3, 0.4) is 0 Å². The Morgan fingerprint density at radius 1 is 1.22 bits per heavy atom. The van der Waals surface area contributed by atoms with Gasteiger partial charge in [0.15, 0.2) is 5.82 Å². The van der Waals surface area contributed by atoms with Crippen molar-refractivity contribution in [1.29, 1.82) is 0 Å². The van der Waals surface area contributed by atoms with Crippen LogP contribution >= 0.6 is 0 Å². The van der Waals surface area contributed by atoms with Gasteiger partial charge in [-0.1, -0.05) is 0 Å². The van der Waals surface area contributed by atoms with Crippen LogP contribution in [0.25, 0.3) is 5.65 Å². The SMILES string of the molecule is Cn1ccnc1C(Nc1nccn2cnnc12)C1CCOCC1. The topological polar surface area (TPSA) is 82.2 Å². The van der Waals surface area contributed by atoms with E-state index in [0.29, 0.717) is 5.92 Å². The van der Waals surface area contributed by atoms with Crippen molar-refractivity contribution in [1.82, 2.24) is 29.1 Å². The summed E-state index contributed by atoms with van der Waals surface area (Å²) in [5.74, 6) is 2.17. The van der Waals surface area contributed by atoms with Gasteiger partial charge in [-0.25, -0.2) is 9.97 Å². The minimum absolute atomic E-state index is 0.0642. The van der Waals surface area contributed by atoms with E-state index in [0.717, 1.165) is 43.3 Å². The Balaban J connectivity index is 1.70. The van der Waals surface area contributed by atoms with Gasteiger partial charge in [0.25, 0.3) is 0 Å². The zero-order chi connectivity index (χ0) is 15.6. The molecule has 0 saturated carbocycles. The molecule has 1 saturated heterocycles. The second-order valence-electron chi connectivity index (χ2n) is 5.81. The smallest absolute Gasteiger partial charge is 0.203 e. The molecule has 8 heteroatoms. The molecule has 1 aliphatic heterocycles. The lowest BCUT2D eigenvalue weighted by Crippen LogP contribution is -2.29. The zero-order valence-corrected chi connectivity index (χ0v) is 13.0. The summed E-state index contributed by atoms with van der Waals surface area (Å²) in [4.78, 5) is 8.99. The fourth-order valence-electron chi connectivity index (χ4n) is 3.13. The Hall–Kier alpha value is -2.48. The molecule has 8 nitrogen and oxygen atoms in total. The van der Waals surface area contributed by atoms with E-state index >= 15 is 0 Å². The maximum atomic E-state index is 5.51.